The van der Waals surface area contributed by atoms with Crippen LogP contribution in [0.5, 0.6) is 0 Å². The number of rotatable bonds is 4. The summed E-state index contributed by atoms with van der Waals surface area (Å²) in [6.07, 6.45) is 4.21. The van der Waals surface area contributed by atoms with Crippen LogP contribution in [-0.4, -0.2) is 18.4 Å². The van der Waals surface area contributed by atoms with Gasteiger partial charge >= 0.3 is 5.97 Å². The van der Waals surface area contributed by atoms with E-state index in [-0.39, 0.29) is 18.4 Å². The summed E-state index contributed by atoms with van der Waals surface area (Å²) in [5.74, 6) is -0.708. The van der Waals surface area contributed by atoms with Gasteiger partial charge in [0.15, 0.2) is 0 Å². The topological polar surface area (TPSA) is 43.4 Å². The highest BCUT2D eigenvalue weighted by Gasteiger charge is 2.30. The standard InChI is InChI=1S/C10H16O3/c1-2-3-4-5-8-9(11)6-7-13-10(8)12/h8H,2-7H2,1H3. The zero-order valence-corrected chi connectivity index (χ0v) is 8.04. The summed E-state index contributed by atoms with van der Waals surface area (Å²) in [4.78, 5) is 22.5. The van der Waals surface area contributed by atoms with Gasteiger partial charge in [-0.1, -0.05) is 26.2 Å². The second kappa shape index (κ2) is 5.00. The van der Waals surface area contributed by atoms with Crippen LogP contribution in [-0.2, 0) is 14.3 Å². The molecule has 1 aliphatic heterocycles. The quantitative estimate of drug-likeness (QED) is 0.379. The van der Waals surface area contributed by atoms with Crippen molar-refractivity contribution in [2.24, 2.45) is 5.92 Å². The molecule has 1 atom stereocenters. The van der Waals surface area contributed by atoms with E-state index in [0.717, 1.165) is 19.3 Å². The highest BCUT2D eigenvalue weighted by Crippen LogP contribution is 2.18. The maximum atomic E-state index is 11.3. The van der Waals surface area contributed by atoms with Gasteiger partial charge in [0.1, 0.15) is 11.7 Å². The zero-order valence-electron chi connectivity index (χ0n) is 8.04. The van der Waals surface area contributed by atoms with E-state index < -0.39 is 5.92 Å². The van der Waals surface area contributed by atoms with Gasteiger partial charge in [-0.2, -0.15) is 0 Å². The van der Waals surface area contributed by atoms with E-state index in [0.29, 0.717) is 12.8 Å². The molecule has 0 radical (unpaired) electrons. The minimum absolute atomic E-state index is 0.0624. The van der Waals surface area contributed by atoms with Crippen molar-refractivity contribution in [2.45, 2.75) is 39.0 Å². The third-order valence-corrected chi connectivity index (χ3v) is 2.36. The molecule has 1 aliphatic rings. The Bertz CT molecular complexity index is 182. The molecule has 0 aromatic rings. The molecule has 0 N–H and O–H groups in total. The molecule has 0 bridgehead atoms. The molecule has 0 aliphatic carbocycles. The van der Waals surface area contributed by atoms with E-state index in [1.54, 1.807) is 0 Å². The summed E-state index contributed by atoms with van der Waals surface area (Å²) in [6, 6.07) is 0. The molecule has 3 heteroatoms. The third kappa shape index (κ3) is 2.83. The fraction of sp³-hybridized carbons (Fsp3) is 0.800. The molecule has 0 spiro atoms. The molecule has 0 aromatic carbocycles. The second-order valence-corrected chi connectivity index (χ2v) is 3.43. The van der Waals surface area contributed by atoms with Crippen LogP contribution in [0.3, 0.4) is 0 Å². The fourth-order valence-electron chi connectivity index (χ4n) is 1.54. The summed E-state index contributed by atoms with van der Waals surface area (Å²) in [5, 5.41) is 0. The van der Waals surface area contributed by atoms with Gasteiger partial charge in [-0.05, 0) is 6.42 Å². The summed E-state index contributed by atoms with van der Waals surface area (Å²) >= 11 is 0. The molecular formula is C10H16O3. The van der Waals surface area contributed by atoms with Crippen molar-refractivity contribution in [3.8, 4) is 0 Å². The molecule has 1 saturated heterocycles. The summed E-state index contributed by atoms with van der Waals surface area (Å²) < 4.78 is 4.83. The molecule has 0 saturated carbocycles. The van der Waals surface area contributed by atoms with Crippen molar-refractivity contribution in [3.63, 3.8) is 0 Å². The van der Waals surface area contributed by atoms with Gasteiger partial charge in [0, 0.05) is 6.42 Å². The summed E-state index contributed by atoms with van der Waals surface area (Å²) in [6.45, 7) is 2.38. The molecule has 3 nitrogen and oxygen atoms in total. The van der Waals surface area contributed by atoms with Crippen LogP contribution in [0.2, 0.25) is 0 Å². The number of hydrogen-bond donors (Lipinski definition) is 0. The van der Waals surface area contributed by atoms with Gasteiger partial charge in [-0.3, -0.25) is 9.59 Å². The van der Waals surface area contributed by atoms with E-state index in [4.69, 9.17) is 4.74 Å². The molecule has 1 unspecified atom stereocenters. The van der Waals surface area contributed by atoms with Crippen molar-refractivity contribution >= 4 is 11.8 Å². The lowest BCUT2D eigenvalue weighted by molar-refractivity contribution is -0.158. The number of Topliss-reactive ketones (excluding diaryl/α,β-unsaturated/α-hetero) is 1. The SMILES string of the molecule is CCCCCC1C(=O)CCOC1=O. The minimum atomic E-state index is -0.458. The Morgan fingerprint density at radius 1 is 1.38 bits per heavy atom. The third-order valence-electron chi connectivity index (χ3n) is 2.36. The van der Waals surface area contributed by atoms with Crippen molar-refractivity contribution in [2.75, 3.05) is 6.61 Å². The maximum absolute atomic E-state index is 11.3. The number of carbonyl (C=O) groups is 2. The fourth-order valence-corrected chi connectivity index (χ4v) is 1.54. The summed E-state index contributed by atoms with van der Waals surface area (Å²) in [5.41, 5.74) is 0. The zero-order chi connectivity index (χ0) is 9.68. The van der Waals surface area contributed by atoms with Crippen molar-refractivity contribution in [3.05, 3.63) is 0 Å². The highest BCUT2D eigenvalue weighted by molar-refractivity contribution is 6.00. The molecular weight excluding hydrogens is 168 g/mol. The van der Waals surface area contributed by atoms with Gasteiger partial charge in [0.2, 0.25) is 0 Å². The largest absolute Gasteiger partial charge is 0.465 e. The van der Waals surface area contributed by atoms with Crippen LogP contribution < -0.4 is 0 Å². The predicted octanol–water partition coefficient (Wildman–Crippen LogP) is 1.70. The van der Waals surface area contributed by atoms with Crippen LogP contribution in [0.1, 0.15) is 39.0 Å². The number of ether oxygens (including phenoxy) is 1. The van der Waals surface area contributed by atoms with E-state index in [9.17, 15) is 9.59 Å². The number of cyclic esters (lactones) is 1. The van der Waals surface area contributed by atoms with Gasteiger partial charge in [0.05, 0.1) is 6.61 Å². The van der Waals surface area contributed by atoms with Crippen LogP contribution in [0, 0.1) is 5.92 Å². The molecule has 74 valence electrons. The molecule has 1 heterocycles. The average Bonchev–Trinajstić information content (AvgIpc) is 2.10. The highest BCUT2D eigenvalue weighted by atomic mass is 16.5. The van der Waals surface area contributed by atoms with Gasteiger partial charge in [-0.25, -0.2) is 0 Å². The first-order chi connectivity index (χ1) is 6.25. The van der Waals surface area contributed by atoms with Crippen molar-refractivity contribution < 1.29 is 14.3 Å². The first kappa shape index (κ1) is 10.2. The number of ketones is 1. The predicted molar refractivity (Wildman–Crippen MR) is 48.2 cm³/mol. The average molecular weight is 184 g/mol. The van der Waals surface area contributed by atoms with Crippen LogP contribution in [0.15, 0.2) is 0 Å². The maximum Gasteiger partial charge on any atom is 0.316 e. The van der Waals surface area contributed by atoms with E-state index in [2.05, 4.69) is 6.92 Å². The first-order valence-electron chi connectivity index (χ1n) is 4.95. The number of carbonyl (C=O) groups excluding carboxylic acids is 2. The monoisotopic (exact) mass is 184 g/mol. The Balaban J connectivity index is 2.35. The van der Waals surface area contributed by atoms with Gasteiger partial charge < -0.3 is 4.74 Å². The lowest BCUT2D eigenvalue weighted by atomic mass is 9.94. The van der Waals surface area contributed by atoms with E-state index in [1.165, 1.54) is 0 Å². The molecule has 13 heavy (non-hydrogen) atoms. The minimum Gasteiger partial charge on any atom is -0.465 e. The first-order valence-corrected chi connectivity index (χ1v) is 4.95. The van der Waals surface area contributed by atoms with Crippen LogP contribution in [0.4, 0.5) is 0 Å². The Labute approximate surface area is 78.5 Å². The van der Waals surface area contributed by atoms with Crippen molar-refractivity contribution in [1.82, 2.24) is 0 Å². The second-order valence-electron chi connectivity index (χ2n) is 3.43. The van der Waals surface area contributed by atoms with Crippen LogP contribution >= 0.6 is 0 Å². The Kier molecular flexibility index (Phi) is 3.93. The molecule has 0 amide bonds. The number of unbranched alkanes of at least 4 members (excludes halogenated alkanes) is 2. The smallest absolute Gasteiger partial charge is 0.316 e. The Morgan fingerprint density at radius 2 is 2.15 bits per heavy atom. The van der Waals surface area contributed by atoms with Crippen LogP contribution in [0.25, 0.3) is 0 Å². The normalized spacial score (nSPS) is 23.0. The van der Waals surface area contributed by atoms with Gasteiger partial charge in [0.25, 0.3) is 0 Å². The molecule has 0 aromatic heterocycles. The lowest BCUT2D eigenvalue weighted by Crippen LogP contribution is -2.32. The summed E-state index contributed by atoms with van der Waals surface area (Å²) in [7, 11) is 0. The van der Waals surface area contributed by atoms with Gasteiger partial charge in [-0.15, -0.1) is 0 Å². The lowest BCUT2D eigenvalue weighted by Gasteiger charge is -2.19. The molecule has 1 rings (SSSR count). The Morgan fingerprint density at radius 3 is 2.77 bits per heavy atom. The molecule has 1 fully saturated rings. The Hall–Kier alpha value is -0.860. The van der Waals surface area contributed by atoms with E-state index in [1.807, 2.05) is 0 Å². The van der Waals surface area contributed by atoms with Crippen molar-refractivity contribution in [1.29, 1.82) is 0 Å². The number of hydrogen-bond acceptors (Lipinski definition) is 3. The van der Waals surface area contributed by atoms with E-state index >= 15 is 0 Å². The number of esters is 1.